The van der Waals surface area contributed by atoms with Crippen molar-refractivity contribution in [3.63, 3.8) is 0 Å². The Balaban J connectivity index is 1.58. The van der Waals surface area contributed by atoms with Crippen LogP contribution in [0.2, 0.25) is 0 Å². The van der Waals surface area contributed by atoms with E-state index in [0.717, 1.165) is 18.7 Å². The monoisotopic (exact) mass is 224 g/mol. The molecule has 92 valence electrons. The molecule has 1 spiro atoms. The van der Waals surface area contributed by atoms with E-state index in [4.69, 9.17) is 4.74 Å². The van der Waals surface area contributed by atoms with Crippen LogP contribution in [0.25, 0.3) is 0 Å². The summed E-state index contributed by atoms with van der Waals surface area (Å²) < 4.78 is 6.00. The fraction of sp³-hybridized carbons (Fsp3) is 1.00. The Bertz CT molecular complexity index is 252. The topological polar surface area (TPSA) is 24.5 Å². The molecular formula is C13H24N2O. The highest BCUT2D eigenvalue weighted by Crippen LogP contribution is 2.43. The van der Waals surface area contributed by atoms with Crippen LogP contribution >= 0.6 is 0 Å². The molecule has 1 N–H and O–H groups in total. The molecule has 0 amide bonds. The van der Waals surface area contributed by atoms with Crippen molar-refractivity contribution in [2.75, 3.05) is 26.7 Å². The van der Waals surface area contributed by atoms with Crippen LogP contribution in [-0.4, -0.2) is 49.3 Å². The number of hydrogen-bond acceptors (Lipinski definition) is 3. The molecule has 0 aromatic heterocycles. The third-order valence-electron chi connectivity index (χ3n) is 4.88. The Kier molecular flexibility index (Phi) is 2.94. The zero-order chi connectivity index (χ0) is 11.0. The number of nitrogens with one attached hydrogen (secondary N) is 1. The van der Waals surface area contributed by atoms with Gasteiger partial charge >= 0.3 is 0 Å². The van der Waals surface area contributed by atoms with Gasteiger partial charge in [0.1, 0.15) is 0 Å². The second-order valence-corrected chi connectivity index (χ2v) is 5.80. The largest absolute Gasteiger partial charge is 0.375 e. The highest BCUT2D eigenvalue weighted by atomic mass is 16.5. The summed E-state index contributed by atoms with van der Waals surface area (Å²) in [6.07, 6.45) is 7.87. The number of likely N-dealkylation sites (N-methyl/N-ethyl adjacent to an activating group) is 1. The van der Waals surface area contributed by atoms with Gasteiger partial charge in [-0.25, -0.2) is 0 Å². The standard InChI is InChI=1S/C13H24N2O/c1-14-11-3-7-15(10-11)12-4-8-16-13(9-12)5-2-6-13/h11-12,14H,2-10H2,1H3. The van der Waals surface area contributed by atoms with Crippen LogP contribution in [0.4, 0.5) is 0 Å². The molecule has 3 fully saturated rings. The molecule has 0 bridgehead atoms. The summed E-state index contributed by atoms with van der Waals surface area (Å²) in [6.45, 7) is 3.52. The molecule has 1 saturated carbocycles. The minimum absolute atomic E-state index is 0.306. The molecule has 3 heteroatoms. The summed E-state index contributed by atoms with van der Waals surface area (Å²) in [5, 5.41) is 3.41. The lowest BCUT2D eigenvalue weighted by molar-refractivity contribution is -0.147. The number of rotatable bonds is 2. The lowest BCUT2D eigenvalue weighted by atomic mass is 9.73. The molecule has 2 saturated heterocycles. The number of likely N-dealkylation sites (tertiary alicyclic amines) is 1. The van der Waals surface area contributed by atoms with E-state index >= 15 is 0 Å². The van der Waals surface area contributed by atoms with Gasteiger partial charge in [-0.1, -0.05) is 0 Å². The second-order valence-electron chi connectivity index (χ2n) is 5.80. The first kappa shape index (κ1) is 11.0. The lowest BCUT2D eigenvalue weighted by Gasteiger charge is -2.49. The van der Waals surface area contributed by atoms with Gasteiger partial charge < -0.3 is 10.1 Å². The highest BCUT2D eigenvalue weighted by Gasteiger charge is 2.44. The van der Waals surface area contributed by atoms with Gasteiger partial charge in [0.15, 0.2) is 0 Å². The van der Waals surface area contributed by atoms with Gasteiger partial charge in [-0.2, -0.15) is 0 Å². The van der Waals surface area contributed by atoms with Gasteiger partial charge in [-0.05, 0) is 45.6 Å². The van der Waals surface area contributed by atoms with Crippen molar-refractivity contribution in [2.45, 2.75) is 56.2 Å². The average Bonchev–Trinajstić information content (AvgIpc) is 2.76. The quantitative estimate of drug-likeness (QED) is 0.767. The molecule has 2 atom stereocenters. The second kappa shape index (κ2) is 4.28. The first-order valence-corrected chi connectivity index (χ1v) is 6.87. The minimum atomic E-state index is 0.306. The van der Waals surface area contributed by atoms with Crippen molar-refractivity contribution < 1.29 is 4.74 Å². The van der Waals surface area contributed by atoms with Gasteiger partial charge in [0.05, 0.1) is 5.60 Å². The highest BCUT2D eigenvalue weighted by molar-refractivity contribution is 4.98. The van der Waals surface area contributed by atoms with Crippen molar-refractivity contribution in [2.24, 2.45) is 0 Å². The molecule has 3 rings (SSSR count). The molecule has 2 aliphatic heterocycles. The maximum Gasteiger partial charge on any atom is 0.0697 e. The van der Waals surface area contributed by atoms with Crippen LogP contribution in [-0.2, 0) is 4.74 Å². The van der Waals surface area contributed by atoms with Crippen LogP contribution in [0.3, 0.4) is 0 Å². The fourth-order valence-electron chi connectivity index (χ4n) is 3.59. The average molecular weight is 224 g/mol. The molecule has 0 aromatic rings. The Hall–Kier alpha value is -0.120. The summed E-state index contributed by atoms with van der Waals surface area (Å²) in [6, 6.07) is 1.52. The molecular weight excluding hydrogens is 200 g/mol. The predicted octanol–water partition coefficient (Wildman–Crippen LogP) is 1.38. The first-order valence-electron chi connectivity index (χ1n) is 6.87. The molecule has 16 heavy (non-hydrogen) atoms. The maximum atomic E-state index is 6.00. The fourth-order valence-corrected chi connectivity index (χ4v) is 3.59. The van der Waals surface area contributed by atoms with E-state index in [1.54, 1.807) is 0 Å². The van der Waals surface area contributed by atoms with E-state index in [1.165, 1.54) is 51.6 Å². The van der Waals surface area contributed by atoms with E-state index in [0.29, 0.717) is 5.60 Å². The third-order valence-corrected chi connectivity index (χ3v) is 4.88. The molecule has 2 unspecified atom stereocenters. The molecule has 3 aliphatic rings. The minimum Gasteiger partial charge on any atom is -0.375 e. The van der Waals surface area contributed by atoms with Crippen LogP contribution < -0.4 is 5.32 Å². The number of hydrogen-bond donors (Lipinski definition) is 1. The third kappa shape index (κ3) is 1.89. The smallest absolute Gasteiger partial charge is 0.0697 e. The lowest BCUT2D eigenvalue weighted by Crippen LogP contribution is -2.52. The zero-order valence-corrected chi connectivity index (χ0v) is 10.4. The van der Waals surface area contributed by atoms with Crippen LogP contribution in [0.1, 0.15) is 38.5 Å². The Morgan fingerprint density at radius 3 is 2.81 bits per heavy atom. The maximum absolute atomic E-state index is 6.00. The summed E-state index contributed by atoms with van der Waals surface area (Å²) in [5.41, 5.74) is 0.306. The Morgan fingerprint density at radius 2 is 2.19 bits per heavy atom. The molecule has 1 aliphatic carbocycles. The van der Waals surface area contributed by atoms with Gasteiger partial charge in [0, 0.05) is 31.8 Å². The number of nitrogens with zero attached hydrogens (tertiary/aromatic N) is 1. The van der Waals surface area contributed by atoms with Crippen LogP contribution in [0, 0.1) is 0 Å². The predicted molar refractivity (Wildman–Crippen MR) is 64.6 cm³/mol. The van der Waals surface area contributed by atoms with Crippen molar-refractivity contribution >= 4 is 0 Å². The van der Waals surface area contributed by atoms with Gasteiger partial charge in [-0.15, -0.1) is 0 Å². The zero-order valence-electron chi connectivity index (χ0n) is 10.4. The summed E-state index contributed by atoms with van der Waals surface area (Å²) in [5.74, 6) is 0. The van der Waals surface area contributed by atoms with Gasteiger partial charge in [0.25, 0.3) is 0 Å². The van der Waals surface area contributed by atoms with Gasteiger partial charge in [-0.3, -0.25) is 4.90 Å². The first-order chi connectivity index (χ1) is 7.81. The molecule has 0 radical (unpaired) electrons. The van der Waals surface area contributed by atoms with E-state index < -0.39 is 0 Å². The van der Waals surface area contributed by atoms with Crippen molar-refractivity contribution in [1.82, 2.24) is 10.2 Å². The van der Waals surface area contributed by atoms with E-state index in [2.05, 4.69) is 17.3 Å². The van der Waals surface area contributed by atoms with Gasteiger partial charge in [0.2, 0.25) is 0 Å². The normalized spacial score (nSPS) is 38.8. The Morgan fingerprint density at radius 1 is 1.31 bits per heavy atom. The Labute approximate surface area is 98.5 Å². The molecule has 3 nitrogen and oxygen atoms in total. The summed E-state index contributed by atoms with van der Waals surface area (Å²) >= 11 is 0. The van der Waals surface area contributed by atoms with Crippen molar-refractivity contribution in [3.8, 4) is 0 Å². The van der Waals surface area contributed by atoms with E-state index in [9.17, 15) is 0 Å². The van der Waals surface area contributed by atoms with E-state index in [1.807, 2.05) is 0 Å². The number of ether oxygens (including phenoxy) is 1. The van der Waals surface area contributed by atoms with Crippen LogP contribution in [0.15, 0.2) is 0 Å². The van der Waals surface area contributed by atoms with Crippen molar-refractivity contribution in [1.29, 1.82) is 0 Å². The van der Waals surface area contributed by atoms with E-state index in [-0.39, 0.29) is 0 Å². The van der Waals surface area contributed by atoms with Crippen LogP contribution in [0.5, 0.6) is 0 Å². The molecule has 0 aromatic carbocycles. The SMILES string of the molecule is CNC1CCN(C2CCOC3(CCC3)C2)C1. The molecule has 2 heterocycles. The summed E-state index contributed by atoms with van der Waals surface area (Å²) in [7, 11) is 2.09. The van der Waals surface area contributed by atoms with Crippen molar-refractivity contribution in [3.05, 3.63) is 0 Å². The summed E-state index contributed by atoms with van der Waals surface area (Å²) in [4.78, 5) is 2.70.